The van der Waals surface area contributed by atoms with E-state index in [1.54, 1.807) is 0 Å². The molecule has 0 radical (unpaired) electrons. The van der Waals surface area contributed by atoms with Gasteiger partial charge in [-0.3, -0.25) is 29.1 Å². The lowest BCUT2D eigenvalue weighted by Gasteiger charge is -2.24. The van der Waals surface area contributed by atoms with Crippen LogP contribution in [-0.2, 0) is 33.3 Å². The van der Waals surface area contributed by atoms with Gasteiger partial charge in [-0.1, -0.05) is 0 Å². The van der Waals surface area contributed by atoms with Gasteiger partial charge >= 0.3 is 17.9 Å². The number of fused-ring (bicyclic) bond motifs is 1. The van der Waals surface area contributed by atoms with Gasteiger partial charge in [0.05, 0.1) is 10.4 Å². The van der Waals surface area contributed by atoms with Crippen molar-refractivity contribution in [3.8, 4) is 5.88 Å². The van der Waals surface area contributed by atoms with Gasteiger partial charge < -0.3 is 29.8 Å². The zero-order valence-corrected chi connectivity index (χ0v) is 20.0. The molecule has 0 saturated carbocycles. The molecule has 0 amide bonds. The summed E-state index contributed by atoms with van der Waals surface area (Å²) in [7, 11) is 0. The number of ether oxygens (including phenoxy) is 4. The summed E-state index contributed by atoms with van der Waals surface area (Å²) < 4.78 is 22.7. The number of nitrogens with zero attached hydrogens (tertiary/aromatic N) is 4. The van der Waals surface area contributed by atoms with Gasteiger partial charge in [-0.2, -0.15) is 0 Å². The summed E-state index contributed by atoms with van der Waals surface area (Å²) in [6.45, 7) is 2.97. The SMILES string of the molecule is CC(=O)OC[C@@H]1O[C@@H](n2c(O)c(N=NC(N)=S)c3ccc([N+](=O)[O-])cc32)[C@@H](OC(C)=O)[C@@H]1OC(C)=O. The molecule has 15 nitrogen and oxygen atoms in total. The number of nitro benzene ring substituents is 1. The number of rotatable bonds is 7. The van der Waals surface area contributed by atoms with E-state index in [1.165, 1.54) is 12.1 Å². The number of carbonyl (C=O) groups is 3. The standard InChI is InChI=1S/C20H21N5O10S/c1-8(26)32-7-14-16(33-9(2)27)17(34-10(3)28)19(35-14)24-13-6-11(25(30)31)4-5-12(13)15(18(24)29)22-23-20(21)36/h4-6,14,16-17,19,29H,7H2,1-3H3,(H2,21,36)/t14-,16+,17-,19+/m0/s1. The zero-order chi connectivity index (χ0) is 26.7. The minimum absolute atomic E-state index is 0.0375. The number of carbonyl (C=O) groups excluding carboxylic acids is 3. The maximum absolute atomic E-state index is 11.9. The Morgan fingerprint density at radius 3 is 2.39 bits per heavy atom. The lowest BCUT2D eigenvalue weighted by Crippen LogP contribution is -2.40. The Hall–Kier alpha value is -4.18. The Balaban J connectivity index is 2.24. The average molecular weight is 523 g/mol. The van der Waals surface area contributed by atoms with Crippen molar-refractivity contribution in [3.63, 3.8) is 0 Å². The number of thiocarbonyl (C=S) groups is 1. The molecule has 1 fully saturated rings. The van der Waals surface area contributed by atoms with Crippen molar-refractivity contribution in [1.82, 2.24) is 4.57 Å². The molecule has 1 aliphatic rings. The molecule has 0 unspecified atom stereocenters. The average Bonchev–Trinajstić information content (AvgIpc) is 3.23. The third-order valence-corrected chi connectivity index (χ3v) is 5.07. The second kappa shape index (κ2) is 10.6. The summed E-state index contributed by atoms with van der Waals surface area (Å²) in [5, 5.41) is 29.7. The van der Waals surface area contributed by atoms with Crippen LogP contribution in [0.15, 0.2) is 28.4 Å². The molecule has 0 aliphatic carbocycles. The Morgan fingerprint density at radius 2 is 1.83 bits per heavy atom. The largest absolute Gasteiger partial charge is 0.493 e. The van der Waals surface area contributed by atoms with Gasteiger partial charge in [0.15, 0.2) is 24.1 Å². The number of aromatic nitrogens is 1. The van der Waals surface area contributed by atoms with Crippen molar-refractivity contribution in [2.45, 2.75) is 45.3 Å². The molecule has 1 aromatic carbocycles. The van der Waals surface area contributed by atoms with Gasteiger partial charge in [0.1, 0.15) is 12.7 Å². The van der Waals surface area contributed by atoms with E-state index in [0.29, 0.717) is 0 Å². The molecule has 1 aliphatic heterocycles. The van der Waals surface area contributed by atoms with Gasteiger partial charge in [0, 0.05) is 38.3 Å². The third-order valence-electron chi connectivity index (χ3n) is 4.99. The Bertz CT molecular complexity index is 1280. The predicted octanol–water partition coefficient (Wildman–Crippen LogP) is 1.91. The number of non-ortho nitro benzene ring substituents is 1. The molecule has 2 heterocycles. The second-order valence-corrected chi connectivity index (χ2v) is 7.97. The van der Waals surface area contributed by atoms with Crippen LogP contribution in [0.3, 0.4) is 0 Å². The zero-order valence-electron chi connectivity index (χ0n) is 19.1. The molecule has 192 valence electrons. The van der Waals surface area contributed by atoms with Gasteiger partial charge in [0.25, 0.3) is 5.69 Å². The highest BCUT2D eigenvalue weighted by Gasteiger charge is 2.51. The quantitative estimate of drug-likeness (QED) is 0.133. The highest BCUT2D eigenvalue weighted by atomic mass is 32.1. The molecule has 1 aromatic heterocycles. The van der Waals surface area contributed by atoms with Crippen molar-refractivity contribution in [2.24, 2.45) is 16.0 Å². The first kappa shape index (κ1) is 26.4. The molecular formula is C20H21N5O10S. The molecule has 0 spiro atoms. The van der Waals surface area contributed by atoms with Crippen molar-refractivity contribution in [2.75, 3.05) is 6.61 Å². The first-order valence-corrected chi connectivity index (χ1v) is 10.7. The second-order valence-electron chi connectivity index (χ2n) is 7.55. The van der Waals surface area contributed by atoms with Crippen molar-refractivity contribution < 1.29 is 43.4 Å². The first-order chi connectivity index (χ1) is 16.9. The van der Waals surface area contributed by atoms with Crippen LogP contribution in [0.1, 0.15) is 27.0 Å². The van der Waals surface area contributed by atoms with E-state index in [2.05, 4.69) is 22.4 Å². The van der Waals surface area contributed by atoms with Gasteiger partial charge in [0.2, 0.25) is 11.0 Å². The van der Waals surface area contributed by atoms with E-state index in [-0.39, 0.29) is 27.4 Å². The van der Waals surface area contributed by atoms with Crippen molar-refractivity contribution >= 4 is 57.5 Å². The van der Waals surface area contributed by atoms with E-state index in [0.717, 1.165) is 31.4 Å². The van der Waals surface area contributed by atoms with E-state index >= 15 is 0 Å². The smallest absolute Gasteiger partial charge is 0.303 e. The molecular weight excluding hydrogens is 502 g/mol. The van der Waals surface area contributed by atoms with E-state index in [9.17, 15) is 29.6 Å². The molecule has 2 aromatic rings. The Morgan fingerprint density at radius 1 is 1.19 bits per heavy atom. The minimum Gasteiger partial charge on any atom is -0.493 e. The number of nitrogens with two attached hydrogens (primary N) is 1. The Labute approximate surface area is 207 Å². The van der Waals surface area contributed by atoms with E-state index < -0.39 is 59.9 Å². The van der Waals surface area contributed by atoms with Gasteiger partial charge in [-0.05, 0) is 18.3 Å². The van der Waals surface area contributed by atoms with Gasteiger partial charge in [-0.25, -0.2) is 0 Å². The molecule has 36 heavy (non-hydrogen) atoms. The summed E-state index contributed by atoms with van der Waals surface area (Å²) in [5.41, 5.74) is 4.90. The number of hydrogen-bond donors (Lipinski definition) is 2. The van der Waals surface area contributed by atoms with Crippen molar-refractivity contribution in [3.05, 3.63) is 28.3 Å². The number of nitro groups is 1. The van der Waals surface area contributed by atoms with Crippen LogP contribution in [0, 0.1) is 10.1 Å². The summed E-state index contributed by atoms with van der Waals surface area (Å²) >= 11 is 4.68. The number of aromatic hydroxyl groups is 1. The normalized spacial score (nSPS) is 21.4. The molecule has 0 bridgehead atoms. The molecule has 4 atom stereocenters. The summed E-state index contributed by atoms with van der Waals surface area (Å²) in [6.07, 6.45) is -5.18. The van der Waals surface area contributed by atoms with Crippen LogP contribution < -0.4 is 5.73 Å². The van der Waals surface area contributed by atoms with Crippen LogP contribution in [0.4, 0.5) is 11.4 Å². The fourth-order valence-corrected chi connectivity index (χ4v) is 3.78. The van der Waals surface area contributed by atoms with Crippen LogP contribution in [0.5, 0.6) is 5.88 Å². The Kier molecular flexibility index (Phi) is 7.79. The lowest BCUT2D eigenvalue weighted by molar-refractivity contribution is -0.384. The van der Waals surface area contributed by atoms with Crippen LogP contribution in [0.2, 0.25) is 0 Å². The maximum Gasteiger partial charge on any atom is 0.303 e. The monoisotopic (exact) mass is 523 g/mol. The first-order valence-electron chi connectivity index (χ1n) is 10.3. The van der Waals surface area contributed by atoms with Gasteiger partial charge in [-0.15, -0.1) is 10.2 Å². The third kappa shape index (κ3) is 5.55. The van der Waals surface area contributed by atoms with Crippen molar-refractivity contribution in [1.29, 1.82) is 0 Å². The number of hydrogen-bond acceptors (Lipinski definition) is 12. The molecule has 16 heteroatoms. The fourth-order valence-electron chi connectivity index (χ4n) is 3.74. The predicted molar refractivity (Wildman–Crippen MR) is 123 cm³/mol. The summed E-state index contributed by atoms with van der Waals surface area (Å²) in [6, 6.07) is 3.62. The molecule has 1 saturated heterocycles. The number of azo groups is 1. The summed E-state index contributed by atoms with van der Waals surface area (Å²) in [4.78, 5) is 45.9. The maximum atomic E-state index is 11.9. The highest BCUT2D eigenvalue weighted by Crippen LogP contribution is 2.46. The highest BCUT2D eigenvalue weighted by molar-refractivity contribution is 7.80. The summed E-state index contributed by atoms with van der Waals surface area (Å²) in [5.74, 6) is -2.79. The molecule has 3 rings (SSSR count). The minimum atomic E-state index is -1.41. The topological polar surface area (TPSA) is 207 Å². The van der Waals surface area contributed by atoms with E-state index in [1.807, 2.05) is 0 Å². The van der Waals surface area contributed by atoms with Crippen LogP contribution >= 0.6 is 12.2 Å². The molecule has 3 N–H and O–H groups in total. The van der Waals surface area contributed by atoms with E-state index in [4.69, 9.17) is 24.7 Å². The number of esters is 3. The lowest BCUT2D eigenvalue weighted by atomic mass is 10.1. The van der Waals surface area contributed by atoms with Crippen LogP contribution in [-0.4, -0.2) is 62.5 Å². The number of benzene rings is 1. The van der Waals surface area contributed by atoms with Crippen LogP contribution in [0.25, 0.3) is 10.9 Å². The fraction of sp³-hybridized carbons (Fsp3) is 0.400.